The number of nitrogens with zero attached hydrogens (tertiary/aromatic N) is 2. The van der Waals surface area contributed by atoms with E-state index in [0.29, 0.717) is 46.9 Å². The molecule has 0 N–H and O–H groups in total. The van der Waals surface area contributed by atoms with Crippen molar-refractivity contribution >= 4 is 34.1 Å². The van der Waals surface area contributed by atoms with Crippen molar-refractivity contribution in [2.24, 2.45) is 0 Å². The molecule has 268 valence electrons. The summed E-state index contributed by atoms with van der Waals surface area (Å²) in [6.45, 7) is 5.75. The summed E-state index contributed by atoms with van der Waals surface area (Å²) in [5, 5.41) is 0. The van der Waals surface area contributed by atoms with E-state index >= 15 is 0 Å². The number of carbonyl (C=O) groups is 2. The van der Waals surface area contributed by atoms with Crippen LogP contribution in [0.1, 0.15) is 136 Å². The highest BCUT2D eigenvalue weighted by Crippen LogP contribution is 2.27. The Bertz CT molecular complexity index is 1430. The van der Waals surface area contributed by atoms with Gasteiger partial charge in [-0.2, -0.15) is 9.97 Å². The Kier molecular flexibility index (Phi) is 16.8. The maximum atomic E-state index is 12.4. The molecule has 0 aliphatic carbocycles. The lowest BCUT2D eigenvalue weighted by Crippen LogP contribution is -2.11. The molecule has 10 nitrogen and oxygen atoms in total. The minimum Gasteiger partial charge on any atom is -0.493 e. The predicted molar refractivity (Wildman–Crippen MR) is 189 cm³/mol. The number of unbranched alkanes of at least 4 members (excludes halogenated alkanes) is 14. The highest BCUT2D eigenvalue weighted by molar-refractivity contribution is 5.78. The summed E-state index contributed by atoms with van der Waals surface area (Å²) < 4.78 is 33.5. The van der Waals surface area contributed by atoms with Crippen molar-refractivity contribution in [3.63, 3.8) is 0 Å². The van der Waals surface area contributed by atoms with Crippen LogP contribution in [0, 0.1) is 0 Å². The number of ether oxygens (including phenoxy) is 4. The molecule has 2 aromatic carbocycles. The lowest BCUT2D eigenvalue weighted by Gasteiger charge is -2.05. The molecule has 10 heteroatoms. The molecule has 2 heterocycles. The van der Waals surface area contributed by atoms with Gasteiger partial charge < -0.3 is 27.8 Å². The summed E-state index contributed by atoms with van der Waals surface area (Å²) in [7, 11) is 0. The summed E-state index contributed by atoms with van der Waals surface area (Å²) in [5.41, 5.74) is 2.07. The van der Waals surface area contributed by atoms with Crippen molar-refractivity contribution in [1.29, 1.82) is 0 Å². The van der Waals surface area contributed by atoms with E-state index < -0.39 is 11.9 Å². The molecule has 2 aromatic heterocycles. The zero-order valence-corrected chi connectivity index (χ0v) is 29.5. The van der Waals surface area contributed by atoms with Gasteiger partial charge in [0.05, 0.1) is 13.2 Å². The van der Waals surface area contributed by atoms with Crippen molar-refractivity contribution < 1.29 is 37.4 Å². The van der Waals surface area contributed by atoms with Crippen LogP contribution in [0.25, 0.3) is 22.2 Å². The fraction of sp³-hybridized carbons (Fsp3) is 0.590. The summed E-state index contributed by atoms with van der Waals surface area (Å²) in [4.78, 5) is 33.2. The van der Waals surface area contributed by atoms with E-state index in [1.54, 1.807) is 24.3 Å². The van der Waals surface area contributed by atoms with Crippen LogP contribution in [0.3, 0.4) is 0 Å². The average Bonchev–Trinajstić information content (AvgIpc) is 3.68. The van der Waals surface area contributed by atoms with Gasteiger partial charge in [-0.3, -0.25) is 9.59 Å². The van der Waals surface area contributed by atoms with Gasteiger partial charge in [-0.15, -0.1) is 0 Å². The number of esters is 2. The number of rotatable bonds is 26. The Balaban J connectivity index is 1.10. The first-order valence-corrected chi connectivity index (χ1v) is 18.5. The Morgan fingerprint density at radius 3 is 1.33 bits per heavy atom. The van der Waals surface area contributed by atoms with Crippen LogP contribution in [-0.4, -0.2) is 35.1 Å². The van der Waals surface area contributed by atoms with E-state index in [1.165, 1.54) is 77.0 Å². The molecule has 0 saturated carbocycles. The predicted octanol–water partition coefficient (Wildman–Crippen LogP) is 10.7. The van der Waals surface area contributed by atoms with E-state index in [1.807, 2.05) is 12.1 Å². The molecular weight excluding hydrogens is 624 g/mol. The van der Waals surface area contributed by atoms with Crippen LogP contribution in [0.2, 0.25) is 0 Å². The second kappa shape index (κ2) is 21.8. The zero-order chi connectivity index (χ0) is 34.5. The fourth-order valence-corrected chi connectivity index (χ4v) is 5.56. The van der Waals surface area contributed by atoms with Gasteiger partial charge in [0.15, 0.2) is 11.2 Å². The van der Waals surface area contributed by atoms with Gasteiger partial charge in [-0.05, 0) is 43.5 Å². The van der Waals surface area contributed by atoms with Crippen LogP contribution in [-0.2, 0) is 9.59 Å². The number of fused-ring (bicyclic) bond motifs is 2. The van der Waals surface area contributed by atoms with Crippen molar-refractivity contribution in [3.05, 3.63) is 36.4 Å². The zero-order valence-electron chi connectivity index (χ0n) is 29.5. The maximum Gasteiger partial charge on any atom is 0.402 e. The van der Waals surface area contributed by atoms with Gasteiger partial charge in [-0.25, -0.2) is 0 Å². The highest BCUT2D eigenvalue weighted by Gasteiger charge is 2.16. The molecule has 4 aromatic rings. The highest BCUT2D eigenvalue weighted by atomic mass is 16.6. The standard InChI is InChI=1S/C39H54N2O8/c1-3-5-7-9-11-13-15-17-26-44-30-22-24-32-34(28-30)46-38(40-32)48-36(42)20-19-21-37(43)49-39-41-33-25-23-31(29-35(33)47-39)45-27-18-16-14-12-10-8-6-4-2/h22-25,28-29H,3-21,26-27H2,1-2H3. The molecule has 0 atom stereocenters. The SMILES string of the molecule is CCCCCCCCCCOc1ccc2nc(OC(=O)CCCC(=O)Oc3nc4ccc(OCCCCCCCCCC)cc4o3)oc2c1. The van der Waals surface area contributed by atoms with Crippen LogP contribution in [0.5, 0.6) is 23.7 Å². The smallest absolute Gasteiger partial charge is 0.402 e. The molecule has 0 bridgehead atoms. The Morgan fingerprint density at radius 2 is 0.918 bits per heavy atom. The third-order valence-electron chi connectivity index (χ3n) is 8.38. The number of benzene rings is 2. The van der Waals surface area contributed by atoms with Crippen molar-refractivity contribution in [3.8, 4) is 23.7 Å². The number of oxazole rings is 2. The molecule has 0 spiro atoms. The van der Waals surface area contributed by atoms with Gasteiger partial charge in [0.1, 0.15) is 22.5 Å². The molecule has 0 unspecified atom stereocenters. The maximum absolute atomic E-state index is 12.4. The van der Waals surface area contributed by atoms with Crippen LogP contribution in [0.15, 0.2) is 45.2 Å². The monoisotopic (exact) mass is 678 g/mol. The third kappa shape index (κ3) is 14.1. The van der Waals surface area contributed by atoms with Crippen molar-refractivity contribution in [2.45, 2.75) is 136 Å². The normalized spacial score (nSPS) is 11.3. The molecular formula is C39H54N2O8. The Hall–Kier alpha value is -4.08. The first kappa shape index (κ1) is 37.7. The third-order valence-corrected chi connectivity index (χ3v) is 8.38. The number of hydrogen-bond donors (Lipinski definition) is 0. The van der Waals surface area contributed by atoms with Crippen molar-refractivity contribution in [2.75, 3.05) is 13.2 Å². The topological polar surface area (TPSA) is 123 Å². The largest absolute Gasteiger partial charge is 0.493 e. The van der Waals surface area contributed by atoms with E-state index in [4.69, 9.17) is 27.8 Å². The lowest BCUT2D eigenvalue weighted by atomic mass is 10.1. The Morgan fingerprint density at radius 1 is 0.531 bits per heavy atom. The first-order valence-electron chi connectivity index (χ1n) is 18.5. The van der Waals surface area contributed by atoms with E-state index in [2.05, 4.69) is 23.8 Å². The van der Waals surface area contributed by atoms with Gasteiger partial charge in [0.25, 0.3) is 0 Å². The summed E-state index contributed by atoms with van der Waals surface area (Å²) in [6.07, 6.45) is 19.7. The second-order valence-corrected chi connectivity index (χ2v) is 12.7. The van der Waals surface area contributed by atoms with Gasteiger partial charge in [0, 0.05) is 25.0 Å². The van der Waals surface area contributed by atoms with Crippen LogP contribution in [0.4, 0.5) is 0 Å². The molecule has 0 radical (unpaired) electrons. The van der Waals surface area contributed by atoms with E-state index in [0.717, 1.165) is 25.7 Å². The number of hydrogen-bond acceptors (Lipinski definition) is 10. The summed E-state index contributed by atoms with van der Waals surface area (Å²) in [6, 6.07) is 10.7. The van der Waals surface area contributed by atoms with Gasteiger partial charge >= 0.3 is 24.1 Å². The number of carbonyl (C=O) groups excluding carboxylic acids is 2. The molecule has 0 amide bonds. The molecule has 0 fully saturated rings. The minimum absolute atomic E-state index is 0.0199. The summed E-state index contributed by atoms with van der Waals surface area (Å²) in [5.74, 6) is 0.244. The van der Waals surface area contributed by atoms with Crippen LogP contribution >= 0.6 is 0 Å². The summed E-state index contributed by atoms with van der Waals surface area (Å²) >= 11 is 0. The molecule has 49 heavy (non-hydrogen) atoms. The quantitative estimate of drug-likeness (QED) is 0.0468. The van der Waals surface area contributed by atoms with Crippen molar-refractivity contribution in [1.82, 2.24) is 9.97 Å². The molecule has 0 aliphatic heterocycles. The Labute approximate surface area is 290 Å². The molecule has 4 rings (SSSR count). The van der Waals surface area contributed by atoms with Gasteiger partial charge in [-0.1, -0.05) is 104 Å². The number of aromatic nitrogens is 2. The van der Waals surface area contributed by atoms with E-state index in [9.17, 15) is 9.59 Å². The van der Waals surface area contributed by atoms with Crippen LogP contribution < -0.4 is 18.9 Å². The first-order chi connectivity index (χ1) is 24.0. The minimum atomic E-state index is -0.563. The molecule has 0 aliphatic rings. The van der Waals surface area contributed by atoms with Gasteiger partial charge in [0.2, 0.25) is 0 Å². The second-order valence-electron chi connectivity index (χ2n) is 12.7. The molecule has 0 saturated heterocycles. The fourth-order valence-electron chi connectivity index (χ4n) is 5.56. The van der Waals surface area contributed by atoms with E-state index in [-0.39, 0.29) is 31.4 Å². The average molecular weight is 679 g/mol. The lowest BCUT2D eigenvalue weighted by molar-refractivity contribution is -0.137.